The first kappa shape index (κ1) is 16.6. The van der Waals surface area contributed by atoms with Gasteiger partial charge >= 0.3 is 0 Å². The van der Waals surface area contributed by atoms with Crippen molar-refractivity contribution in [2.75, 3.05) is 6.61 Å². The van der Waals surface area contributed by atoms with Crippen LogP contribution in [0.5, 0.6) is 0 Å². The molecule has 10 heteroatoms. The Morgan fingerprint density at radius 3 is 2.25 bits per heavy atom. The molecule has 0 amide bonds. The second-order valence-corrected chi connectivity index (χ2v) is 7.38. The Labute approximate surface area is 116 Å². The standard InChI is InChI=1S/C10H10ClF4NO3S/c1-2-19-7-10(11)20(12,13,14,15)9-5-3-8(4-6-9)16(17)18/h3-7H,2H2,1H3/b10-7-. The number of nitro groups is 1. The van der Waals surface area contributed by atoms with Gasteiger partial charge in [-0.2, -0.15) is 0 Å². The first-order valence-corrected chi connectivity index (χ1v) is 7.57. The SMILES string of the molecule is CCO/C=C(/Cl)S(F)(F)(F)(F)c1ccc([N+](=O)[O-])cc1. The maximum absolute atomic E-state index is 13.9. The second-order valence-electron chi connectivity index (χ2n) is 3.70. The van der Waals surface area contributed by atoms with Crippen LogP contribution in [0.3, 0.4) is 0 Å². The van der Waals surface area contributed by atoms with Gasteiger partial charge in [-0.05, 0) is 19.1 Å². The van der Waals surface area contributed by atoms with Crippen LogP contribution in [0.2, 0.25) is 0 Å². The summed E-state index contributed by atoms with van der Waals surface area (Å²) in [5.41, 5.74) is -0.591. The molecule has 0 atom stereocenters. The summed E-state index contributed by atoms with van der Waals surface area (Å²) >= 11 is 5.03. The zero-order valence-corrected chi connectivity index (χ0v) is 11.6. The van der Waals surface area contributed by atoms with Crippen LogP contribution in [0.15, 0.2) is 39.8 Å². The predicted molar refractivity (Wildman–Crippen MR) is 68.9 cm³/mol. The lowest BCUT2D eigenvalue weighted by molar-refractivity contribution is -0.384. The van der Waals surface area contributed by atoms with E-state index in [1.54, 1.807) is 0 Å². The fraction of sp³-hybridized carbons (Fsp3) is 0.200. The molecule has 0 heterocycles. The third-order valence-electron chi connectivity index (χ3n) is 2.26. The van der Waals surface area contributed by atoms with Crippen LogP contribution in [0.25, 0.3) is 0 Å². The van der Waals surface area contributed by atoms with E-state index in [1.165, 1.54) is 6.92 Å². The number of halogens is 5. The van der Waals surface area contributed by atoms with E-state index in [2.05, 4.69) is 4.74 Å². The molecule has 0 bridgehead atoms. The highest BCUT2D eigenvalue weighted by molar-refractivity contribution is 8.53. The highest BCUT2D eigenvalue weighted by atomic mass is 35.5. The zero-order valence-electron chi connectivity index (χ0n) is 10.1. The van der Waals surface area contributed by atoms with Crippen molar-refractivity contribution in [3.05, 3.63) is 45.0 Å². The highest BCUT2D eigenvalue weighted by Crippen LogP contribution is 3.05. The number of rotatable bonds is 5. The lowest BCUT2D eigenvalue weighted by atomic mass is 10.3. The lowest BCUT2D eigenvalue weighted by Gasteiger charge is -2.48. The minimum atomic E-state index is -8.93. The van der Waals surface area contributed by atoms with Gasteiger partial charge < -0.3 is 4.74 Å². The van der Waals surface area contributed by atoms with E-state index < -0.39 is 29.7 Å². The van der Waals surface area contributed by atoms with Crippen LogP contribution in [-0.4, -0.2) is 11.5 Å². The van der Waals surface area contributed by atoms with Crippen molar-refractivity contribution in [2.45, 2.75) is 11.8 Å². The highest BCUT2D eigenvalue weighted by Gasteiger charge is 2.68. The van der Waals surface area contributed by atoms with Crippen molar-refractivity contribution in [3.63, 3.8) is 0 Å². The number of ether oxygens (including phenoxy) is 1. The van der Waals surface area contributed by atoms with Gasteiger partial charge in [0.25, 0.3) is 5.69 Å². The van der Waals surface area contributed by atoms with Crippen molar-refractivity contribution in [1.29, 1.82) is 0 Å². The topological polar surface area (TPSA) is 52.4 Å². The molecule has 0 saturated carbocycles. The molecular formula is C10H10ClF4NO3S. The van der Waals surface area contributed by atoms with E-state index in [0.29, 0.717) is 12.1 Å². The number of hydrogen-bond donors (Lipinski definition) is 0. The van der Waals surface area contributed by atoms with Gasteiger partial charge in [0.1, 0.15) is 6.26 Å². The van der Waals surface area contributed by atoms with Gasteiger partial charge in [-0.15, -0.1) is 15.5 Å². The summed E-state index contributed by atoms with van der Waals surface area (Å²) in [7, 11) is -8.93. The molecule has 1 aromatic rings. The molecular weight excluding hydrogens is 326 g/mol. The normalized spacial score (nSPS) is 16.2. The molecule has 1 aromatic carbocycles. The fourth-order valence-electron chi connectivity index (χ4n) is 1.20. The van der Waals surface area contributed by atoms with Crippen molar-refractivity contribution in [2.24, 2.45) is 0 Å². The molecule has 0 radical (unpaired) electrons. The van der Waals surface area contributed by atoms with Crippen LogP contribution >= 0.6 is 21.4 Å². The smallest absolute Gasteiger partial charge is 0.269 e. The number of nitrogens with zero attached hydrogens (tertiary/aromatic N) is 1. The van der Waals surface area contributed by atoms with Crippen LogP contribution in [0, 0.1) is 10.1 Å². The zero-order chi connectivity index (χ0) is 15.7. The summed E-state index contributed by atoms with van der Waals surface area (Å²) in [5, 5.41) is 10.4. The minimum absolute atomic E-state index is 0.0878. The molecule has 0 aromatic heterocycles. The average Bonchev–Trinajstić information content (AvgIpc) is 2.34. The van der Waals surface area contributed by atoms with Gasteiger partial charge in [-0.1, -0.05) is 11.6 Å². The maximum Gasteiger partial charge on any atom is 0.269 e. The molecule has 0 aliphatic heterocycles. The molecule has 0 saturated heterocycles. The molecule has 4 nitrogen and oxygen atoms in total. The molecule has 0 spiro atoms. The summed E-state index contributed by atoms with van der Waals surface area (Å²) in [4.78, 5) is 7.80. The van der Waals surface area contributed by atoms with E-state index in [0.717, 1.165) is 0 Å². The fourth-order valence-corrected chi connectivity index (χ4v) is 2.70. The maximum atomic E-state index is 13.9. The Morgan fingerprint density at radius 1 is 1.35 bits per heavy atom. The Morgan fingerprint density at radius 2 is 1.85 bits per heavy atom. The summed E-state index contributed by atoms with van der Waals surface area (Å²) in [6.07, 6.45) is 0.0878. The van der Waals surface area contributed by atoms with Gasteiger partial charge in [0, 0.05) is 12.1 Å². The summed E-state index contributed by atoms with van der Waals surface area (Å²) in [5.74, 6) is 0. The molecule has 0 unspecified atom stereocenters. The average molecular weight is 336 g/mol. The van der Waals surface area contributed by atoms with Gasteiger partial charge in [0.2, 0.25) is 9.84 Å². The predicted octanol–water partition coefficient (Wildman–Crippen LogP) is 5.44. The van der Waals surface area contributed by atoms with Crippen LogP contribution in [0.4, 0.5) is 21.2 Å². The third-order valence-corrected chi connectivity index (χ3v) is 5.38. The monoisotopic (exact) mass is 335 g/mol. The van der Waals surface area contributed by atoms with E-state index in [1.807, 2.05) is 0 Å². The number of hydrogen-bond acceptors (Lipinski definition) is 3. The molecule has 0 aliphatic carbocycles. The summed E-state index contributed by atoms with van der Waals surface area (Å²) in [6.45, 7) is 1.28. The number of non-ortho nitro benzene ring substituents is 1. The van der Waals surface area contributed by atoms with Crippen molar-refractivity contribution >= 4 is 27.1 Å². The van der Waals surface area contributed by atoms with E-state index in [-0.39, 0.29) is 25.0 Å². The van der Waals surface area contributed by atoms with Crippen LogP contribution in [-0.2, 0) is 4.74 Å². The quantitative estimate of drug-likeness (QED) is 0.311. The van der Waals surface area contributed by atoms with Gasteiger partial charge in [0.05, 0.1) is 16.4 Å². The van der Waals surface area contributed by atoms with Crippen molar-refractivity contribution in [1.82, 2.24) is 0 Å². The van der Waals surface area contributed by atoms with Crippen molar-refractivity contribution in [3.8, 4) is 0 Å². The first-order valence-electron chi connectivity index (χ1n) is 5.14. The Balaban J connectivity index is 3.41. The van der Waals surface area contributed by atoms with Gasteiger partial charge in [-0.3, -0.25) is 10.1 Å². The molecule has 114 valence electrons. The minimum Gasteiger partial charge on any atom is -0.499 e. The van der Waals surface area contributed by atoms with Gasteiger partial charge in [0.15, 0.2) is 4.36 Å². The van der Waals surface area contributed by atoms with Crippen LogP contribution in [0.1, 0.15) is 6.92 Å². The van der Waals surface area contributed by atoms with E-state index in [9.17, 15) is 25.7 Å². The largest absolute Gasteiger partial charge is 0.499 e. The number of nitro benzene ring substituents is 1. The Kier molecular flexibility index (Phi) is 3.75. The van der Waals surface area contributed by atoms with Crippen LogP contribution < -0.4 is 0 Å². The van der Waals surface area contributed by atoms with Gasteiger partial charge in [-0.25, -0.2) is 0 Å². The van der Waals surface area contributed by atoms with Crippen molar-refractivity contribution < 1.29 is 25.2 Å². The molecule has 20 heavy (non-hydrogen) atoms. The number of benzene rings is 1. The molecule has 0 aliphatic rings. The molecule has 0 N–H and O–H groups in total. The molecule has 1 rings (SSSR count). The lowest BCUT2D eigenvalue weighted by Crippen LogP contribution is -2.14. The Hall–Kier alpha value is -1.48. The summed E-state index contributed by atoms with van der Waals surface area (Å²) in [6, 6.07) is 1.67. The second kappa shape index (κ2) is 4.52. The summed E-state index contributed by atoms with van der Waals surface area (Å²) < 4.78 is 58.0. The third kappa shape index (κ3) is 2.98. The Bertz CT molecular complexity index is 569. The van der Waals surface area contributed by atoms with E-state index >= 15 is 0 Å². The molecule has 0 fully saturated rings. The first-order chi connectivity index (χ1) is 8.92. The van der Waals surface area contributed by atoms with E-state index in [4.69, 9.17) is 11.6 Å².